The van der Waals surface area contributed by atoms with Crippen molar-refractivity contribution >= 4 is 57.8 Å². The minimum atomic E-state index is -0.899. The zero-order valence-corrected chi connectivity index (χ0v) is 27.1. The molecule has 2 aliphatic rings. The summed E-state index contributed by atoms with van der Waals surface area (Å²) in [6.07, 6.45) is 1.21. The second-order valence-electron chi connectivity index (χ2n) is 12.3. The van der Waals surface area contributed by atoms with Crippen LogP contribution in [0.25, 0.3) is 4.91 Å². The second kappa shape index (κ2) is 12.7. The van der Waals surface area contributed by atoms with Crippen LogP contribution in [0.15, 0.2) is 75.9 Å². The Labute approximate surface area is 262 Å². The number of benzene rings is 2. The average molecular weight is 619 g/mol. The second-order valence-corrected chi connectivity index (χ2v) is 13.4. The molecular formula is C33H38N4O6S. The third-order valence-corrected chi connectivity index (χ3v) is 7.19. The number of carbonyl (C=O) groups is 4. The van der Waals surface area contributed by atoms with Gasteiger partial charge in [-0.15, -0.1) is 5.01 Å². The van der Waals surface area contributed by atoms with Gasteiger partial charge in [0.25, 0.3) is 5.91 Å². The molecule has 0 saturated carbocycles. The van der Waals surface area contributed by atoms with Gasteiger partial charge in [-0.05, 0) is 84.4 Å². The van der Waals surface area contributed by atoms with Gasteiger partial charge in [-0.3, -0.25) is 9.59 Å². The Balaban J connectivity index is 1.90. The van der Waals surface area contributed by atoms with Gasteiger partial charge in [0, 0.05) is 28.0 Å². The van der Waals surface area contributed by atoms with E-state index in [0.29, 0.717) is 29.9 Å². The van der Waals surface area contributed by atoms with Gasteiger partial charge in [-0.1, -0.05) is 43.3 Å². The molecule has 4 amide bonds. The number of allylic oxidation sites excluding steroid dienone is 1. The molecular weight excluding hydrogens is 580 g/mol. The van der Waals surface area contributed by atoms with Gasteiger partial charge in [0.1, 0.15) is 11.2 Å². The van der Waals surface area contributed by atoms with Crippen LogP contribution in [0, 0.1) is 0 Å². The molecule has 4 rings (SSSR count). The Bertz CT molecular complexity index is 1580. The predicted octanol–water partition coefficient (Wildman–Crippen LogP) is 7.72. The SMILES string of the molecule is CCCC1=NN(C(=O)OC(C)(C)C)C(=O)C1=C1C=C(Sc2ccc(NC(C)=O)cc2)c2ccccc2N1C(=O)OC(C)(C)C. The van der Waals surface area contributed by atoms with Crippen molar-refractivity contribution in [1.29, 1.82) is 0 Å². The molecule has 2 aromatic rings. The molecule has 2 heterocycles. The maximum atomic E-state index is 14.0. The first-order valence-electron chi connectivity index (χ1n) is 14.4. The van der Waals surface area contributed by atoms with E-state index >= 15 is 0 Å². The van der Waals surface area contributed by atoms with Gasteiger partial charge in [0.2, 0.25) is 5.91 Å². The van der Waals surface area contributed by atoms with E-state index < -0.39 is 29.3 Å². The number of hydrogen-bond acceptors (Lipinski definition) is 8. The van der Waals surface area contributed by atoms with Gasteiger partial charge in [-0.25, -0.2) is 14.5 Å². The van der Waals surface area contributed by atoms with Crippen molar-refractivity contribution in [3.63, 3.8) is 0 Å². The monoisotopic (exact) mass is 618 g/mol. The van der Waals surface area contributed by atoms with Crippen LogP contribution in [0.3, 0.4) is 0 Å². The van der Waals surface area contributed by atoms with Crippen LogP contribution in [0.2, 0.25) is 0 Å². The zero-order valence-electron chi connectivity index (χ0n) is 26.3. The van der Waals surface area contributed by atoms with E-state index in [4.69, 9.17) is 9.47 Å². The number of amides is 4. The summed E-state index contributed by atoms with van der Waals surface area (Å²) in [4.78, 5) is 55.4. The first-order valence-corrected chi connectivity index (χ1v) is 15.2. The van der Waals surface area contributed by atoms with Crippen LogP contribution in [0.5, 0.6) is 0 Å². The van der Waals surface area contributed by atoms with Gasteiger partial charge >= 0.3 is 12.2 Å². The molecule has 0 unspecified atom stereocenters. The van der Waals surface area contributed by atoms with E-state index in [2.05, 4.69) is 10.4 Å². The molecule has 0 saturated heterocycles. The minimum absolute atomic E-state index is 0.122. The summed E-state index contributed by atoms with van der Waals surface area (Å²) < 4.78 is 11.3. The summed E-state index contributed by atoms with van der Waals surface area (Å²) >= 11 is 1.43. The topological polar surface area (TPSA) is 118 Å². The lowest BCUT2D eigenvalue weighted by Gasteiger charge is -2.33. The Kier molecular flexibility index (Phi) is 9.39. The number of ether oxygens (including phenoxy) is 2. The first kappa shape index (κ1) is 32.5. The quantitative estimate of drug-likeness (QED) is 0.341. The normalized spacial score (nSPS) is 16.7. The van der Waals surface area contributed by atoms with Crippen LogP contribution < -0.4 is 10.2 Å². The lowest BCUT2D eigenvalue weighted by atomic mass is 9.98. The maximum absolute atomic E-state index is 14.0. The number of hydrazone groups is 1. The molecule has 0 aromatic heterocycles. The van der Waals surface area contributed by atoms with Gasteiger partial charge in [-0.2, -0.15) is 5.10 Å². The Hall–Kier alpha value is -4.38. The molecule has 0 spiro atoms. The Morgan fingerprint density at radius 3 is 2.11 bits per heavy atom. The molecule has 1 N–H and O–H groups in total. The van der Waals surface area contributed by atoms with E-state index in [1.807, 2.05) is 31.2 Å². The fourth-order valence-corrected chi connectivity index (χ4v) is 5.51. The fraction of sp³-hybridized carbons (Fsp3) is 0.364. The van der Waals surface area contributed by atoms with Crippen molar-refractivity contribution < 1.29 is 28.7 Å². The minimum Gasteiger partial charge on any atom is -0.443 e. The number of nitrogens with zero attached hydrogens (tertiary/aromatic N) is 3. The molecule has 0 atom stereocenters. The smallest absolute Gasteiger partial charge is 0.438 e. The number of thioether (sulfide) groups is 1. The highest BCUT2D eigenvalue weighted by molar-refractivity contribution is 8.08. The zero-order chi connectivity index (χ0) is 32.4. The molecule has 0 aliphatic carbocycles. The Morgan fingerprint density at radius 2 is 1.52 bits per heavy atom. The van der Waals surface area contributed by atoms with Crippen LogP contribution in [-0.2, 0) is 19.1 Å². The van der Waals surface area contributed by atoms with Crippen molar-refractivity contribution in [1.82, 2.24) is 5.01 Å². The molecule has 44 heavy (non-hydrogen) atoms. The molecule has 232 valence electrons. The Morgan fingerprint density at radius 1 is 0.909 bits per heavy atom. The third kappa shape index (κ3) is 7.57. The van der Waals surface area contributed by atoms with E-state index in [1.165, 1.54) is 23.6 Å². The molecule has 10 nitrogen and oxygen atoms in total. The number of rotatable bonds is 5. The lowest BCUT2D eigenvalue weighted by Crippen LogP contribution is -2.40. The molecule has 11 heteroatoms. The summed E-state index contributed by atoms with van der Waals surface area (Å²) in [7, 11) is 0. The number of para-hydroxylation sites is 1. The molecule has 0 bridgehead atoms. The summed E-state index contributed by atoms with van der Waals surface area (Å²) in [5.74, 6) is -0.857. The first-order chi connectivity index (χ1) is 20.6. The molecule has 0 radical (unpaired) electrons. The number of imide groups is 1. The van der Waals surface area contributed by atoms with Crippen molar-refractivity contribution in [3.05, 3.63) is 71.4 Å². The summed E-state index contributed by atoms with van der Waals surface area (Å²) in [5, 5.41) is 7.87. The van der Waals surface area contributed by atoms with Crippen LogP contribution in [-0.4, -0.2) is 45.9 Å². The standard InChI is InChI=1S/C33H38N4O6S/c1-9-12-24-28(29(39)37(35-24)31(41)43-33(6,7)8)26-19-27(44-22-17-15-21(16-18-22)34-20(2)38)23-13-10-11-14-25(23)36(26)30(40)42-32(3,4)5/h10-11,13-19H,9,12H2,1-8H3,(H,34,38). The summed E-state index contributed by atoms with van der Waals surface area (Å²) in [6, 6.07) is 14.7. The van der Waals surface area contributed by atoms with Crippen LogP contribution >= 0.6 is 11.8 Å². The predicted molar refractivity (Wildman–Crippen MR) is 172 cm³/mol. The highest BCUT2D eigenvalue weighted by atomic mass is 32.2. The number of hydrogen-bond donors (Lipinski definition) is 1. The molecule has 0 fully saturated rings. The highest BCUT2D eigenvalue weighted by Crippen LogP contribution is 2.46. The van der Waals surface area contributed by atoms with E-state index in [9.17, 15) is 19.2 Å². The van der Waals surface area contributed by atoms with Crippen LogP contribution in [0.4, 0.5) is 21.0 Å². The van der Waals surface area contributed by atoms with Gasteiger partial charge in [0.15, 0.2) is 0 Å². The highest BCUT2D eigenvalue weighted by Gasteiger charge is 2.42. The van der Waals surface area contributed by atoms with E-state index in [0.717, 1.165) is 20.4 Å². The van der Waals surface area contributed by atoms with Crippen molar-refractivity contribution in [2.75, 3.05) is 10.2 Å². The van der Waals surface area contributed by atoms with Crippen LogP contribution in [0.1, 0.15) is 73.8 Å². The maximum Gasteiger partial charge on any atom is 0.438 e. The van der Waals surface area contributed by atoms with Gasteiger partial charge < -0.3 is 14.8 Å². The van der Waals surface area contributed by atoms with Crippen molar-refractivity contribution in [3.8, 4) is 0 Å². The number of carbonyl (C=O) groups excluding carboxylic acids is 4. The molecule has 2 aliphatic heterocycles. The van der Waals surface area contributed by atoms with Gasteiger partial charge in [0.05, 0.1) is 22.7 Å². The summed E-state index contributed by atoms with van der Waals surface area (Å²) in [5.41, 5.74) is 1.00. The average Bonchev–Trinajstić information content (AvgIpc) is 3.23. The molecule has 2 aromatic carbocycles. The van der Waals surface area contributed by atoms with Crippen molar-refractivity contribution in [2.45, 2.75) is 84.3 Å². The van der Waals surface area contributed by atoms with E-state index in [1.54, 1.807) is 71.9 Å². The third-order valence-electron chi connectivity index (χ3n) is 6.12. The number of anilines is 2. The number of fused-ring (bicyclic) bond motifs is 1. The summed E-state index contributed by atoms with van der Waals surface area (Å²) in [6.45, 7) is 13.8. The van der Waals surface area contributed by atoms with Crippen molar-refractivity contribution in [2.24, 2.45) is 5.10 Å². The lowest BCUT2D eigenvalue weighted by molar-refractivity contribution is -0.125. The number of nitrogens with one attached hydrogen (secondary N) is 1. The largest absolute Gasteiger partial charge is 0.443 e. The fourth-order valence-electron chi connectivity index (χ4n) is 4.53. The van der Waals surface area contributed by atoms with E-state index in [-0.39, 0.29) is 17.2 Å².